The van der Waals surface area contributed by atoms with E-state index in [-0.39, 0.29) is 11.6 Å². The minimum Gasteiger partial charge on any atom is -0.315 e. The van der Waals surface area contributed by atoms with Crippen molar-refractivity contribution < 1.29 is 0 Å². The zero-order valence-electron chi connectivity index (χ0n) is 11.5. The van der Waals surface area contributed by atoms with Crippen molar-refractivity contribution in [3.63, 3.8) is 0 Å². The van der Waals surface area contributed by atoms with Gasteiger partial charge in [0, 0.05) is 13.0 Å². The summed E-state index contributed by atoms with van der Waals surface area (Å²) in [5.41, 5.74) is 0.686. The van der Waals surface area contributed by atoms with Crippen molar-refractivity contribution in [1.29, 1.82) is 0 Å². The molecule has 1 aliphatic heterocycles. The molecule has 0 radical (unpaired) electrons. The molecule has 20 heavy (non-hydrogen) atoms. The van der Waals surface area contributed by atoms with E-state index in [0.717, 1.165) is 38.2 Å². The highest BCUT2D eigenvalue weighted by Crippen LogP contribution is 2.22. The number of halogens is 1. The molecule has 0 saturated carbocycles. The molecule has 3 rings (SSSR count). The lowest BCUT2D eigenvalue weighted by atomic mass is 10.1. The molecule has 1 aliphatic rings. The van der Waals surface area contributed by atoms with Gasteiger partial charge in [-0.3, -0.25) is 9.36 Å². The number of aromatic nitrogens is 2. The average molecular weight is 292 g/mol. The zero-order chi connectivity index (χ0) is 14.1. The van der Waals surface area contributed by atoms with Crippen LogP contribution in [0, 0.1) is 0 Å². The van der Waals surface area contributed by atoms with Crippen molar-refractivity contribution >= 4 is 22.5 Å². The summed E-state index contributed by atoms with van der Waals surface area (Å²) in [5.74, 6) is 0.846. The number of hydrogen-bond acceptors (Lipinski definition) is 3. The van der Waals surface area contributed by atoms with Gasteiger partial charge in [0.05, 0.1) is 22.0 Å². The van der Waals surface area contributed by atoms with E-state index in [4.69, 9.17) is 11.6 Å². The molecule has 1 unspecified atom stereocenters. The smallest absolute Gasteiger partial charge is 0.263 e. The molecular weight excluding hydrogens is 274 g/mol. The minimum atomic E-state index is -0.00819. The molecule has 1 fully saturated rings. The summed E-state index contributed by atoms with van der Waals surface area (Å²) in [4.78, 5) is 17.5. The Hall–Kier alpha value is -1.39. The normalized spacial score (nSPS) is 19.4. The van der Waals surface area contributed by atoms with Crippen LogP contribution in [-0.4, -0.2) is 22.6 Å². The van der Waals surface area contributed by atoms with E-state index in [0.29, 0.717) is 15.9 Å². The first-order valence-corrected chi connectivity index (χ1v) is 7.50. The van der Waals surface area contributed by atoms with Gasteiger partial charge in [-0.15, -0.1) is 0 Å². The number of rotatable bonds is 2. The number of fused-ring (bicyclic) bond motifs is 1. The van der Waals surface area contributed by atoms with E-state index >= 15 is 0 Å². The number of aryl methyl sites for hydroxylation is 1. The first kappa shape index (κ1) is 13.6. The van der Waals surface area contributed by atoms with E-state index < -0.39 is 0 Å². The van der Waals surface area contributed by atoms with Crippen LogP contribution < -0.4 is 10.9 Å². The molecule has 106 valence electrons. The molecule has 1 N–H and O–H groups in total. The Bertz CT molecular complexity index is 689. The van der Waals surface area contributed by atoms with Gasteiger partial charge in [0.25, 0.3) is 5.56 Å². The lowest BCUT2D eigenvalue weighted by molar-refractivity contribution is 0.354. The molecule has 0 bridgehead atoms. The van der Waals surface area contributed by atoms with Crippen molar-refractivity contribution in [1.82, 2.24) is 14.9 Å². The topological polar surface area (TPSA) is 46.9 Å². The maximum absolute atomic E-state index is 12.8. The van der Waals surface area contributed by atoms with E-state index in [9.17, 15) is 4.79 Å². The fourth-order valence-electron chi connectivity index (χ4n) is 2.93. The van der Waals surface area contributed by atoms with Crippen molar-refractivity contribution in [2.75, 3.05) is 13.1 Å². The Kier molecular flexibility index (Phi) is 3.76. The second kappa shape index (κ2) is 5.54. The standard InChI is InChI=1S/C15H18ClN3O/c1-2-13-18-12-7-3-6-11(16)14(12)15(20)19(13)10-5-4-8-17-9-10/h3,6-7,10,17H,2,4-5,8-9H2,1H3. The summed E-state index contributed by atoms with van der Waals surface area (Å²) < 4.78 is 1.85. The number of benzene rings is 1. The van der Waals surface area contributed by atoms with Crippen LogP contribution in [0.2, 0.25) is 5.02 Å². The van der Waals surface area contributed by atoms with Gasteiger partial charge in [-0.05, 0) is 31.5 Å². The Balaban J connectivity index is 2.26. The Labute approximate surface area is 122 Å². The zero-order valence-corrected chi connectivity index (χ0v) is 12.3. The molecule has 2 aromatic rings. The summed E-state index contributed by atoms with van der Waals surface area (Å²) in [6, 6.07) is 5.62. The third-order valence-corrected chi connectivity index (χ3v) is 4.22. The van der Waals surface area contributed by atoms with E-state index in [1.54, 1.807) is 6.07 Å². The highest BCUT2D eigenvalue weighted by Gasteiger charge is 2.21. The maximum atomic E-state index is 12.8. The molecular formula is C15H18ClN3O. The van der Waals surface area contributed by atoms with E-state index in [2.05, 4.69) is 10.3 Å². The van der Waals surface area contributed by atoms with Gasteiger partial charge in [-0.2, -0.15) is 0 Å². The maximum Gasteiger partial charge on any atom is 0.263 e. The van der Waals surface area contributed by atoms with Crippen LogP contribution in [0.15, 0.2) is 23.0 Å². The van der Waals surface area contributed by atoms with Gasteiger partial charge >= 0.3 is 0 Å². The third kappa shape index (κ3) is 2.23. The molecule has 0 spiro atoms. The lowest BCUT2D eigenvalue weighted by Gasteiger charge is -2.27. The van der Waals surface area contributed by atoms with Crippen LogP contribution in [0.3, 0.4) is 0 Å². The second-order valence-corrected chi connectivity index (χ2v) is 5.60. The van der Waals surface area contributed by atoms with Crippen molar-refractivity contribution in [2.24, 2.45) is 0 Å². The summed E-state index contributed by atoms with van der Waals surface area (Å²) >= 11 is 6.20. The van der Waals surface area contributed by atoms with Gasteiger partial charge in [-0.1, -0.05) is 24.6 Å². The van der Waals surface area contributed by atoms with Gasteiger partial charge in [0.2, 0.25) is 0 Å². The minimum absolute atomic E-state index is 0.00819. The summed E-state index contributed by atoms with van der Waals surface area (Å²) in [5, 5.41) is 4.38. The van der Waals surface area contributed by atoms with Crippen LogP contribution >= 0.6 is 11.6 Å². The summed E-state index contributed by atoms with van der Waals surface area (Å²) in [7, 11) is 0. The van der Waals surface area contributed by atoms with Crippen molar-refractivity contribution in [3.05, 3.63) is 39.4 Å². The molecule has 4 nitrogen and oxygen atoms in total. The molecule has 1 atom stereocenters. The quantitative estimate of drug-likeness (QED) is 0.925. The van der Waals surface area contributed by atoms with Gasteiger partial charge in [0.1, 0.15) is 5.82 Å². The van der Waals surface area contributed by atoms with Crippen LogP contribution in [-0.2, 0) is 6.42 Å². The lowest BCUT2D eigenvalue weighted by Crippen LogP contribution is -2.38. The molecule has 5 heteroatoms. The number of nitrogens with one attached hydrogen (secondary N) is 1. The van der Waals surface area contributed by atoms with Gasteiger partial charge in [0.15, 0.2) is 0 Å². The molecule has 1 saturated heterocycles. The monoisotopic (exact) mass is 291 g/mol. The Morgan fingerprint density at radius 3 is 3.05 bits per heavy atom. The first-order chi connectivity index (χ1) is 9.72. The highest BCUT2D eigenvalue weighted by molar-refractivity contribution is 6.35. The predicted octanol–water partition coefficient (Wildman–Crippen LogP) is 2.54. The Morgan fingerprint density at radius 1 is 1.50 bits per heavy atom. The summed E-state index contributed by atoms with van der Waals surface area (Å²) in [6.45, 7) is 3.88. The first-order valence-electron chi connectivity index (χ1n) is 7.12. The van der Waals surface area contributed by atoms with E-state index in [1.807, 2.05) is 23.6 Å². The van der Waals surface area contributed by atoms with Crippen LogP contribution in [0.1, 0.15) is 31.6 Å². The molecule has 0 aliphatic carbocycles. The average Bonchev–Trinajstić information content (AvgIpc) is 2.47. The van der Waals surface area contributed by atoms with Crippen LogP contribution in [0.25, 0.3) is 10.9 Å². The molecule has 2 heterocycles. The predicted molar refractivity (Wildman–Crippen MR) is 81.5 cm³/mol. The molecule has 0 amide bonds. The van der Waals surface area contributed by atoms with Crippen molar-refractivity contribution in [2.45, 2.75) is 32.2 Å². The Morgan fingerprint density at radius 2 is 2.35 bits per heavy atom. The fraction of sp³-hybridized carbons (Fsp3) is 0.467. The second-order valence-electron chi connectivity index (χ2n) is 5.19. The largest absolute Gasteiger partial charge is 0.315 e. The van der Waals surface area contributed by atoms with Crippen LogP contribution in [0.5, 0.6) is 0 Å². The van der Waals surface area contributed by atoms with Gasteiger partial charge in [-0.25, -0.2) is 4.98 Å². The highest BCUT2D eigenvalue weighted by atomic mass is 35.5. The molecule has 1 aromatic heterocycles. The number of nitrogens with zero attached hydrogens (tertiary/aromatic N) is 2. The van der Waals surface area contributed by atoms with E-state index in [1.165, 1.54) is 0 Å². The number of hydrogen-bond donors (Lipinski definition) is 1. The van der Waals surface area contributed by atoms with Crippen LogP contribution in [0.4, 0.5) is 0 Å². The SMILES string of the molecule is CCc1nc2cccc(Cl)c2c(=O)n1C1CCCNC1. The third-order valence-electron chi connectivity index (χ3n) is 3.90. The van der Waals surface area contributed by atoms with Gasteiger partial charge < -0.3 is 5.32 Å². The van der Waals surface area contributed by atoms with Crippen molar-refractivity contribution in [3.8, 4) is 0 Å². The fourth-order valence-corrected chi connectivity index (χ4v) is 3.18. The number of piperidine rings is 1. The molecule has 1 aromatic carbocycles. The summed E-state index contributed by atoms with van der Waals surface area (Å²) in [6.07, 6.45) is 2.84.